The van der Waals surface area contributed by atoms with E-state index in [1.54, 1.807) is 13.2 Å². The Morgan fingerprint density at radius 3 is 2.39 bits per heavy atom. The Balaban J connectivity index is 0.00000544. The van der Waals surface area contributed by atoms with Gasteiger partial charge in [-0.15, -0.1) is 12.4 Å². The fourth-order valence-electron chi connectivity index (χ4n) is 3.07. The minimum absolute atomic E-state index is 0. The van der Waals surface area contributed by atoms with Gasteiger partial charge in [0.05, 0.1) is 24.6 Å². The summed E-state index contributed by atoms with van der Waals surface area (Å²) in [5.41, 5.74) is 1.44. The summed E-state index contributed by atoms with van der Waals surface area (Å²) in [6.45, 7) is 4.40. The van der Waals surface area contributed by atoms with Crippen LogP contribution in [0.4, 0.5) is 5.69 Å². The van der Waals surface area contributed by atoms with E-state index in [9.17, 15) is 18.8 Å². The predicted molar refractivity (Wildman–Crippen MR) is 132 cm³/mol. The molecule has 0 amide bonds. The molecule has 182 valence electrons. The number of benzene rings is 2. The smallest absolute Gasteiger partial charge is 0.231 e. The quantitative estimate of drug-likeness (QED) is 0.491. The predicted octanol–water partition coefficient (Wildman–Crippen LogP) is 2.74. The molecule has 0 heterocycles. The maximum atomic E-state index is 11.7. The molecular weight excluding hydrogens is 466 g/mol. The Labute approximate surface area is 202 Å². The van der Waals surface area contributed by atoms with Crippen molar-refractivity contribution in [1.82, 2.24) is 5.32 Å². The molecule has 2 aromatic carbocycles. The first kappa shape index (κ1) is 28.5. The second kappa shape index (κ2) is 12.1. The van der Waals surface area contributed by atoms with Crippen molar-refractivity contribution in [3.63, 3.8) is 0 Å². The van der Waals surface area contributed by atoms with Gasteiger partial charge in [-0.1, -0.05) is 12.1 Å². The summed E-state index contributed by atoms with van der Waals surface area (Å²) in [6, 6.07) is 14.4. The van der Waals surface area contributed by atoms with Crippen molar-refractivity contribution in [2.75, 3.05) is 37.9 Å². The molecule has 2 N–H and O–H groups in total. The Hall–Kier alpha value is -2.51. The summed E-state index contributed by atoms with van der Waals surface area (Å²) < 4.78 is 35.3. The highest BCUT2D eigenvalue weighted by Gasteiger charge is 2.20. The first-order chi connectivity index (χ1) is 14.9. The number of hydrogen-bond acceptors (Lipinski definition) is 7. The van der Waals surface area contributed by atoms with E-state index in [0.29, 0.717) is 12.2 Å². The van der Waals surface area contributed by atoms with E-state index >= 15 is 0 Å². The van der Waals surface area contributed by atoms with Crippen molar-refractivity contribution in [2.24, 2.45) is 0 Å². The molecule has 0 saturated carbocycles. The van der Waals surface area contributed by atoms with Gasteiger partial charge in [0, 0.05) is 19.1 Å². The molecule has 10 heteroatoms. The van der Waals surface area contributed by atoms with Crippen molar-refractivity contribution in [3.8, 4) is 17.6 Å². The lowest BCUT2D eigenvalue weighted by atomic mass is 9.94. The van der Waals surface area contributed by atoms with Crippen LogP contribution in [0.2, 0.25) is 0 Å². The van der Waals surface area contributed by atoms with E-state index in [-0.39, 0.29) is 35.9 Å². The number of halogens is 1. The average Bonchev–Trinajstić information content (AvgIpc) is 2.75. The molecule has 0 aromatic heterocycles. The van der Waals surface area contributed by atoms with Crippen LogP contribution < -0.4 is 19.1 Å². The van der Waals surface area contributed by atoms with Gasteiger partial charge in [-0.25, -0.2) is 8.42 Å². The first-order valence-corrected chi connectivity index (χ1v) is 12.0. The van der Waals surface area contributed by atoms with E-state index in [2.05, 4.69) is 19.2 Å². The summed E-state index contributed by atoms with van der Waals surface area (Å²) in [5.74, 6) is 1.09. The molecule has 0 aliphatic rings. The topological polar surface area (TPSA) is 112 Å². The van der Waals surface area contributed by atoms with Crippen LogP contribution in [0.25, 0.3) is 0 Å². The molecule has 0 aliphatic carbocycles. The maximum Gasteiger partial charge on any atom is 0.231 e. The number of ether oxygens (including phenoxy) is 2. The van der Waals surface area contributed by atoms with Gasteiger partial charge in [0.15, 0.2) is 0 Å². The summed E-state index contributed by atoms with van der Waals surface area (Å²) >= 11 is 0. The van der Waals surface area contributed by atoms with Gasteiger partial charge in [-0.05, 0) is 56.2 Å². The third-order valence-electron chi connectivity index (χ3n) is 5.00. The van der Waals surface area contributed by atoms with Crippen LogP contribution in [0.3, 0.4) is 0 Å². The monoisotopic (exact) mass is 497 g/mol. The lowest BCUT2D eigenvalue weighted by molar-refractivity contribution is 0.0987. The molecule has 0 saturated heterocycles. The molecule has 0 unspecified atom stereocenters. The van der Waals surface area contributed by atoms with Crippen molar-refractivity contribution in [1.29, 1.82) is 5.26 Å². The Morgan fingerprint density at radius 2 is 1.85 bits per heavy atom. The van der Waals surface area contributed by atoms with E-state index in [0.717, 1.165) is 28.3 Å². The van der Waals surface area contributed by atoms with Gasteiger partial charge in [0.1, 0.15) is 30.3 Å². The molecule has 0 spiro atoms. The van der Waals surface area contributed by atoms with Crippen LogP contribution in [0, 0.1) is 11.3 Å². The van der Waals surface area contributed by atoms with Gasteiger partial charge in [-0.2, -0.15) is 5.26 Å². The second-order valence-corrected chi connectivity index (χ2v) is 10.3. The standard InChI is InChI=1S/C23H31N3O5S.ClH/c1-23(2,13-17-6-9-21(30-4)10-7-17)25-15-20(27)16-31-22-11-8-19(12-18(22)14-24)26(3)32(5,28)29;/h6-12,20,25,27H,13,15-16H2,1-5H3;1H/t20-;/m1./s1. The van der Waals surface area contributed by atoms with Gasteiger partial charge < -0.3 is 19.9 Å². The van der Waals surface area contributed by atoms with Gasteiger partial charge in [0.2, 0.25) is 10.0 Å². The van der Waals surface area contributed by atoms with Crippen molar-refractivity contribution < 1.29 is 23.0 Å². The zero-order valence-electron chi connectivity index (χ0n) is 19.5. The number of anilines is 1. The third-order valence-corrected chi connectivity index (χ3v) is 6.20. The van der Waals surface area contributed by atoms with Crippen LogP contribution >= 0.6 is 12.4 Å². The number of sulfonamides is 1. The largest absolute Gasteiger partial charge is 0.497 e. The van der Waals surface area contributed by atoms with E-state index in [4.69, 9.17) is 9.47 Å². The van der Waals surface area contributed by atoms with E-state index < -0.39 is 16.1 Å². The lowest BCUT2D eigenvalue weighted by Gasteiger charge is -2.28. The van der Waals surface area contributed by atoms with Crippen molar-refractivity contribution in [2.45, 2.75) is 31.9 Å². The fraction of sp³-hybridized carbons (Fsp3) is 0.435. The van der Waals surface area contributed by atoms with E-state index in [1.807, 2.05) is 30.3 Å². The molecule has 1 atom stereocenters. The average molecular weight is 498 g/mol. The van der Waals surface area contributed by atoms with E-state index in [1.165, 1.54) is 19.2 Å². The molecule has 8 nitrogen and oxygen atoms in total. The molecule has 33 heavy (non-hydrogen) atoms. The van der Waals surface area contributed by atoms with Crippen LogP contribution in [-0.2, 0) is 16.4 Å². The number of hydrogen-bond donors (Lipinski definition) is 2. The molecule has 0 aliphatic heterocycles. The highest BCUT2D eigenvalue weighted by atomic mass is 35.5. The molecule has 0 fully saturated rings. The summed E-state index contributed by atoms with van der Waals surface area (Å²) in [7, 11) is -0.395. The molecular formula is C23H32ClN3O5S. The zero-order valence-corrected chi connectivity index (χ0v) is 21.2. The minimum Gasteiger partial charge on any atom is -0.497 e. The van der Waals surface area contributed by atoms with Crippen LogP contribution in [0.5, 0.6) is 11.5 Å². The van der Waals surface area contributed by atoms with Gasteiger partial charge in [-0.3, -0.25) is 4.31 Å². The maximum absolute atomic E-state index is 11.7. The minimum atomic E-state index is -3.44. The highest BCUT2D eigenvalue weighted by molar-refractivity contribution is 7.92. The van der Waals surface area contributed by atoms with Crippen molar-refractivity contribution >= 4 is 28.1 Å². The fourth-order valence-corrected chi connectivity index (χ4v) is 3.57. The number of nitrogens with one attached hydrogen (secondary N) is 1. The number of rotatable bonds is 11. The highest BCUT2D eigenvalue weighted by Crippen LogP contribution is 2.25. The second-order valence-electron chi connectivity index (χ2n) is 8.28. The van der Waals surface area contributed by atoms with Crippen molar-refractivity contribution in [3.05, 3.63) is 53.6 Å². The SMILES string of the molecule is COc1ccc(CC(C)(C)NC[C@@H](O)COc2ccc(N(C)S(C)(=O)=O)cc2C#N)cc1.Cl. The Kier molecular flexibility index (Phi) is 10.5. The summed E-state index contributed by atoms with van der Waals surface area (Å²) in [4.78, 5) is 0. The van der Waals surface area contributed by atoms with Crippen LogP contribution in [-0.4, -0.2) is 58.7 Å². The number of β-amino-alcohol motifs (C(OH)–C–C–N with tert-alkyl or cyclic N) is 1. The number of methoxy groups -OCH3 is 1. The Morgan fingerprint density at radius 1 is 1.21 bits per heavy atom. The summed E-state index contributed by atoms with van der Waals surface area (Å²) in [6.07, 6.45) is 1.05. The van der Waals surface area contributed by atoms with Crippen LogP contribution in [0.15, 0.2) is 42.5 Å². The number of aliphatic hydroxyl groups is 1. The number of nitrogens with zero attached hydrogens (tertiary/aromatic N) is 2. The zero-order chi connectivity index (χ0) is 23.9. The molecule has 2 rings (SSSR count). The van der Waals surface area contributed by atoms with Crippen LogP contribution in [0.1, 0.15) is 25.0 Å². The Bertz CT molecular complexity index is 1050. The van der Waals surface area contributed by atoms with Gasteiger partial charge >= 0.3 is 0 Å². The van der Waals surface area contributed by atoms with Gasteiger partial charge in [0.25, 0.3) is 0 Å². The normalized spacial score (nSPS) is 12.3. The molecule has 0 radical (unpaired) electrons. The molecule has 2 aromatic rings. The first-order valence-electron chi connectivity index (χ1n) is 10.1. The third kappa shape index (κ3) is 8.74. The number of nitriles is 1. The summed E-state index contributed by atoms with van der Waals surface area (Å²) in [5, 5.41) is 23.1. The lowest BCUT2D eigenvalue weighted by Crippen LogP contribution is -2.46. The number of aliphatic hydroxyl groups excluding tert-OH is 1. The molecule has 0 bridgehead atoms.